The van der Waals surface area contributed by atoms with Gasteiger partial charge in [0, 0.05) is 25.2 Å². The van der Waals surface area contributed by atoms with Gasteiger partial charge in [-0.3, -0.25) is 4.79 Å². The molecule has 0 fully saturated rings. The van der Waals surface area contributed by atoms with Crippen LogP contribution >= 0.6 is 0 Å². The molecule has 0 aromatic heterocycles. The highest BCUT2D eigenvalue weighted by molar-refractivity contribution is 5.76. The lowest BCUT2D eigenvalue weighted by molar-refractivity contribution is -0.121. The van der Waals surface area contributed by atoms with Crippen molar-refractivity contribution >= 4 is 11.6 Å². The summed E-state index contributed by atoms with van der Waals surface area (Å²) in [5.74, 6) is -0.299. The standard InChI is InChI=1S/C20H25FN2O/c1-20(2,3)17-6-4-5-7-18(17)22-13-12-19(24)23-14-15-8-10-16(21)11-9-15/h4-11,22H,12-14H2,1-3H3,(H,23,24). The lowest BCUT2D eigenvalue weighted by Crippen LogP contribution is -2.25. The van der Waals surface area contributed by atoms with E-state index in [4.69, 9.17) is 0 Å². The van der Waals surface area contributed by atoms with Crippen molar-refractivity contribution in [2.75, 3.05) is 11.9 Å². The van der Waals surface area contributed by atoms with E-state index < -0.39 is 0 Å². The monoisotopic (exact) mass is 328 g/mol. The van der Waals surface area contributed by atoms with Crippen molar-refractivity contribution in [2.24, 2.45) is 0 Å². The summed E-state index contributed by atoms with van der Waals surface area (Å²) in [5, 5.41) is 6.19. The summed E-state index contributed by atoms with van der Waals surface area (Å²) in [6.45, 7) is 7.49. The SMILES string of the molecule is CC(C)(C)c1ccccc1NCCC(=O)NCc1ccc(F)cc1. The minimum absolute atomic E-state index is 0.0277. The van der Waals surface area contributed by atoms with Gasteiger partial charge in [-0.15, -0.1) is 0 Å². The largest absolute Gasteiger partial charge is 0.384 e. The number of halogens is 1. The molecule has 2 N–H and O–H groups in total. The maximum atomic E-state index is 12.8. The van der Waals surface area contributed by atoms with Crippen LogP contribution in [0.5, 0.6) is 0 Å². The van der Waals surface area contributed by atoms with Gasteiger partial charge in [0.1, 0.15) is 5.82 Å². The number of carbonyl (C=O) groups excluding carboxylic acids is 1. The van der Waals surface area contributed by atoms with Gasteiger partial charge in [0.15, 0.2) is 0 Å². The number of para-hydroxylation sites is 1. The van der Waals surface area contributed by atoms with Crippen molar-refractivity contribution in [3.63, 3.8) is 0 Å². The second-order valence-electron chi connectivity index (χ2n) is 6.88. The molecule has 0 heterocycles. The average Bonchev–Trinajstić information content (AvgIpc) is 2.54. The molecule has 4 heteroatoms. The highest BCUT2D eigenvalue weighted by atomic mass is 19.1. The van der Waals surface area contributed by atoms with E-state index in [0.29, 0.717) is 19.5 Å². The van der Waals surface area contributed by atoms with E-state index in [0.717, 1.165) is 11.3 Å². The Balaban J connectivity index is 1.80. The van der Waals surface area contributed by atoms with Crippen molar-refractivity contribution in [2.45, 2.75) is 39.2 Å². The van der Waals surface area contributed by atoms with Gasteiger partial charge in [-0.05, 0) is 34.7 Å². The summed E-state index contributed by atoms with van der Waals surface area (Å²) in [7, 11) is 0. The molecule has 1 amide bonds. The maximum absolute atomic E-state index is 12.8. The number of anilines is 1. The summed E-state index contributed by atoms with van der Waals surface area (Å²) >= 11 is 0. The van der Waals surface area contributed by atoms with Crippen LogP contribution in [0.3, 0.4) is 0 Å². The summed E-state index contributed by atoms with van der Waals surface area (Å²) in [4.78, 5) is 11.9. The van der Waals surface area contributed by atoms with Gasteiger partial charge in [-0.1, -0.05) is 51.1 Å². The zero-order chi connectivity index (χ0) is 17.6. The molecule has 2 aromatic rings. The van der Waals surface area contributed by atoms with Crippen LogP contribution in [-0.2, 0) is 16.8 Å². The Morgan fingerprint density at radius 1 is 1.04 bits per heavy atom. The predicted octanol–water partition coefficient (Wildman–Crippen LogP) is 4.24. The van der Waals surface area contributed by atoms with Gasteiger partial charge in [-0.2, -0.15) is 0 Å². The van der Waals surface area contributed by atoms with Crippen molar-refractivity contribution < 1.29 is 9.18 Å². The Morgan fingerprint density at radius 3 is 2.38 bits per heavy atom. The highest BCUT2D eigenvalue weighted by Gasteiger charge is 2.17. The number of hydrogen-bond acceptors (Lipinski definition) is 2. The molecule has 128 valence electrons. The van der Waals surface area contributed by atoms with E-state index >= 15 is 0 Å². The molecule has 0 unspecified atom stereocenters. The lowest BCUT2D eigenvalue weighted by Gasteiger charge is -2.23. The van der Waals surface area contributed by atoms with Gasteiger partial charge < -0.3 is 10.6 Å². The Labute approximate surface area is 143 Å². The number of benzene rings is 2. The third-order valence-electron chi connectivity index (χ3n) is 3.81. The molecule has 2 rings (SSSR count). The van der Waals surface area contributed by atoms with Crippen molar-refractivity contribution in [1.82, 2.24) is 5.32 Å². The van der Waals surface area contributed by atoms with Crippen LogP contribution in [0.1, 0.15) is 38.3 Å². The van der Waals surface area contributed by atoms with Crippen LogP contribution in [0.25, 0.3) is 0 Å². The molecule has 0 radical (unpaired) electrons. The molecule has 0 spiro atoms. The predicted molar refractivity (Wildman–Crippen MR) is 96.5 cm³/mol. The van der Waals surface area contributed by atoms with E-state index in [9.17, 15) is 9.18 Å². The van der Waals surface area contributed by atoms with Crippen LogP contribution in [0.2, 0.25) is 0 Å². The molecule has 2 aromatic carbocycles. The van der Waals surface area contributed by atoms with Gasteiger partial charge in [0.25, 0.3) is 0 Å². The summed E-state index contributed by atoms with van der Waals surface area (Å²) in [6, 6.07) is 14.3. The van der Waals surface area contributed by atoms with Crippen molar-refractivity contribution in [3.8, 4) is 0 Å². The third kappa shape index (κ3) is 5.37. The van der Waals surface area contributed by atoms with Gasteiger partial charge in [0.2, 0.25) is 5.91 Å². The van der Waals surface area contributed by atoms with Gasteiger partial charge in [0.05, 0.1) is 0 Å². The molecular formula is C20H25FN2O. The van der Waals surface area contributed by atoms with Crippen LogP contribution in [0.15, 0.2) is 48.5 Å². The van der Waals surface area contributed by atoms with Crippen molar-refractivity contribution in [1.29, 1.82) is 0 Å². The average molecular weight is 328 g/mol. The normalized spacial score (nSPS) is 11.2. The Bertz CT molecular complexity index is 675. The summed E-state index contributed by atoms with van der Waals surface area (Å²) < 4.78 is 12.8. The van der Waals surface area contributed by atoms with Crippen molar-refractivity contribution in [3.05, 3.63) is 65.5 Å². The molecule has 0 bridgehead atoms. The van der Waals surface area contributed by atoms with Crippen LogP contribution in [-0.4, -0.2) is 12.5 Å². The number of rotatable bonds is 6. The zero-order valence-electron chi connectivity index (χ0n) is 14.5. The number of amides is 1. The number of nitrogens with one attached hydrogen (secondary N) is 2. The lowest BCUT2D eigenvalue weighted by atomic mass is 9.86. The van der Waals surface area contributed by atoms with Gasteiger partial charge >= 0.3 is 0 Å². The topological polar surface area (TPSA) is 41.1 Å². The molecule has 0 aliphatic carbocycles. The minimum Gasteiger partial charge on any atom is -0.384 e. The maximum Gasteiger partial charge on any atom is 0.222 e. The first-order valence-corrected chi connectivity index (χ1v) is 8.21. The molecule has 24 heavy (non-hydrogen) atoms. The molecule has 0 aliphatic heterocycles. The Hall–Kier alpha value is -2.36. The fourth-order valence-corrected chi connectivity index (χ4v) is 2.49. The van der Waals surface area contributed by atoms with Crippen LogP contribution < -0.4 is 10.6 Å². The minimum atomic E-state index is -0.271. The molecule has 0 atom stereocenters. The van der Waals surface area contributed by atoms with Gasteiger partial charge in [-0.25, -0.2) is 4.39 Å². The van der Waals surface area contributed by atoms with Crippen LogP contribution in [0.4, 0.5) is 10.1 Å². The van der Waals surface area contributed by atoms with E-state index in [1.165, 1.54) is 17.7 Å². The Morgan fingerprint density at radius 2 is 1.71 bits per heavy atom. The van der Waals surface area contributed by atoms with E-state index in [-0.39, 0.29) is 17.1 Å². The summed E-state index contributed by atoms with van der Waals surface area (Å²) in [6.07, 6.45) is 0.389. The number of carbonyl (C=O) groups is 1. The van der Waals surface area contributed by atoms with E-state index in [1.54, 1.807) is 12.1 Å². The molecule has 0 aliphatic rings. The zero-order valence-corrected chi connectivity index (χ0v) is 14.5. The Kier molecular flexibility index (Phi) is 5.96. The first kappa shape index (κ1) is 18.0. The molecule has 0 saturated heterocycles. The quantitative estimate of drug-likeness (QED) is 0.832. The number of hydrogen-bond donors (Lipinski definition) is 2. The van der Waals surface area contributed by atoms with E-state index in [1.807, 2.05) is 18.2 Å². The second kappa shape index (κ2) is 7.95. The molecule has 3 nitrogen and oxygen atoms in total. The second-order valence-corrected chi connectivity index (χ2v) is 6.88. The van der Waals surface area contributed by atoms with Crippen LogP contribution in [0, 0.1) is 5.82 Å². The summed E-state index contributed by atoms with van der Waals surface area (Å²) in [5.41, 5.74) is 3.23. The fourth-order valence-electron chi connectivity index (χ4n) is 2.49. The smallest absolute Gasteiger partial charge is 0.222 e. The molecular weight excluding hydrogens is 303 g/mol. The van der Waals surface area contributed by atoms with E-state index in [2.05, 4.69) is 37.5 Å². The fraction of sp³-hybridized carbons (Fsp3) is 0.350. The highest BCUT2D eigenvalue weighted by Crippen LogP contribution is 2.29. The first-order chi connectivity index (χ1) is 11.4. The third-order valence-corrected chi connectivity index (χ3v) is 3.81. The first-order valence-electron chi connectivity index (χ1n) is 8.21. The molecule has 0 saturated carbocycles.